The SMILES string of the molecule is COc1ccccc1CN(CCc1ccc(F)cc1)S(=O)(=O)N1CCC(C)CC1. The second kappa shape index (κ2) is 9.69. The van der Waals surface area contributed by atoms with Crippen molar-refractivity contribution < 1.29 is 17.5 Å². The van der Waals surface area contributed by atoms with Gasteiger partial charge in [-0.15, -0.1) is 0 Å². The van der Waals surface area contributed by atoms with Gasteiger partial charge >= 0.3 is 0 Å². The average Bonchev–Trinajstić information content (AvgIpc) is 2.72. The lowest BCUT2D eigenvalue weighted by Gasteiger charge is -2.34. The van der Waals surface area contributed by atoms with Crippen LogP contribution < -0.4 is 4.74 Å². The Morgan fingerprint density at radius 1 is 1.10 bits per heavy atom. The minimum absolute atomic E-state index is 0.236. The van der Waals surface area contributed by atoms with Gasteiger partial charge in [0.05, 0.1) is 7.11 Å². The second-order valence-electron chi connectivity index (χ2n) is 7.61. The molecule has 0 saturated carbocycles. The van der Waals surface area contributed by atoms with Crippen LogP contribution in [-0.2, 0) is 23.2 Å². The van der Waals surface area contributed by atoms with E-state index >= 15 is 0 Å². The van der Waals surface area contributed by atoms with Crippen LogP contribution in [0.5, 0.6) is 5.75 Å². The zero-order valence-electron chi connectivity index (χ0n) is 17.1. The minimum atomic E-state index is -3.61. The highest BCUT2D eigenvalue weighted by atomic mass is 32.2. The maximum atomic E-state index is 13.4. The molecule has 0 radical (unpaired) electrons. The molecule has 3 rings (SSSR count). The fourth-order valence-electron chi connectivity index (χ4n) is 3.58. The molecule has 0 atom stereocenters. The van der Waals surface area contributed by atoms with Gasteiger partial charge in [-0.2, -0.15) is 17.0 Å². The van der Waals surface area contributed by atoms with Crippen molar-refractivity contribution in [3.05, 3.63) is 65.5 Å². The molecule has 1 saturated heterocycles. The Morgan fingerprint density at radius 3 is 2.41 bits per heavy atom. The molecule has 1 aliphatic rings. The standard InChI is InChI=1S/C22H29FN2O3S/c1-18-11-14-24(15-12-18)29(26,27)25(16-13-19-7-9-21(23)10-8-19)17-20-5-3-4-6-22(20)28-2/h3-10,18H,11-17H2,1-2H3. The molecule has 1 aliphatic heterocycles. The van der Waals surface area contributed by atoms with E-state index in [4.69, 9.17) is 4.74 Å². The number of halogens is 1. The van der Waals surface area contributed by atoms with Crippen LogP contribution in [0.2, 0.25) is 0 Å². The molecule has 7 heteroatoms. The summed E-state index contributed by atoms with van der Waals surface area (Å²) in [4.78, 5) is 0. The lowest BCUT2D eigenvalue weighted by molar-refractivity contribution is 0.261. The molecule has 2 aromatic rings. The Labute approximate surface area is 173 Å². The molecule has 29 heavy (non-hydrogen) atoms. The number of nitrogens with zero attached hydrogens (tertiary/aromatic N) is 2. The largest absolute Gasteiger partial charge is 0.496 e. The highest BCUT2D eigenvalue weighted by Crippen LogP contribution is 2.25. The number of hydrogen-bond donors (Lipinski definition) is 0. The summed E-state index contributed by atoms with van der Waals surface area (Å²) in [7, 11) is -2.03. The Bertz CT molecular complexity index is 895. The number of ether oxygens (including phenoxy) is 1. The van der Waals surface area contributed by atoms with Crippen LogP contribution in [0.25, 0.3) is 0 Å². The van der Waals surface area contributed by atoms with Crippen LogP contribution >= 0.6 is 0 Å². The molecular weight excluding hydrogens is 391 g/mol. The maximum Gasteiger partial charge on any atom is 0.282 e. The quantitative estimate of drug-likeness (QED) is 0.652. The molecular formula is C22H29FN2O3S. The minimum Gasteiger partial charge on any atom is -0.496 e. The van der Waals surface area contributed by atoms with Crippen molar-refractivity contribution in [1.29, 1.82) is 0 Å². The summed E-state index contributed by atoms with van der Waals surface area (Å²) in [6.07, 6.45) is 2.26. The Morgan fingerprint density at radius 2 is 1.76 bits per heavy atom. The number of para-hydroxylation sites is 1. The van der Waals surface area contributed by atoms with Crippen molar-refractivity contribution in [2.45, 2.75) is 32.7 Å². The third-order valence-corrected chi connectivity index (χ3v) is 7.48. The van der Waals surface area contributed by atoms with E-state index in [1.54, 1.807) is 23.5 Å². The van der Waals surface area contributed by atoms with E-state index in [1.807, 2.05) is 24.3 Å². The summed E-state index contributed by atoms with van der Waals surface area (Å²) >= 11 is 0. The van der Waals surface area contributed by atoms with Crippen LogP contribution in [0.1, 0.15) is 30.9 Å². The first-order valence-corrected chi connectivity index (χ1v) is 11.4. The molecule has 0 N–H and O–H groups in total. The molecule has 158 valence electrons. The zero-order valence-corrected chi connectivity index (χ0v) is 17.9. The van der Waals surface area contributed by atoms with E-state index in [2.05, 4.69) is 6.92 Å². The summed E-state index contributed by atoms with van der Waals surface area (Å²) in [6.45, 7) is 3.80. The van der Waals surface area contributed by atoms with Gasteiger partial charge in [0.25, 0.3) is 10.2 Å². The lowest BCUT2D eigenvalue weighted by Crippen LogP contribution is -2.47. The fraction of sp³-hybridized carbons (Fsp3) is 0.455. The molecule has 5 nitrogen and oxygen atoms in total. The molecule has 1 heterocycles. The third kappa shape index (κ3) is 5.56. The highest BCUT2D eigenvalue weighted by molar-refractivity contribution is 7.86. The van der Waals surface area contributed by atoms with Crippen molar-refractivity contribution in [3.63, 3.8) is 0 Å². The van der Waals surface area contributed by atoms with E-state index in [0.29, 0.717) is 37.7 Å². The third-order valence-electron chi connectivity index (χ3n) is 5.50. The van der Waals surface area contributed by atoms with Gasteiger partial charge in [-0.1, -0.05) is 37.3 Å². The van der Waals surface area contributed by atoms with Crippen molar-refractivity contribution in [1.82, 2.24) is 8.61 Å². The van der Waals surface area contributed by atoms with E-state index < -0.39 is 10.2 Å². The van der Waals surface area contributed by atoms with Gasteiger partial charge in [-0.3, -0.25) is 0 Å². The predicted octanol–water partition coefficient (Wildman–Crippen LogP) is 3.86. The van der Waals surface area contributed by atoms with Gasteiger partial charge in [-0.05, 0) is 48.9 Å². The summed E-state index contributed by atoms with van der Waals surface area (Å²) < 4.78 is 48.6. The first kappa shape index (κ1) is 21.7. The fourth-order valence-corrected chi connectivity index (χ4v) is 5.21. The van der Waals surface area contributed by atoms with Crippen LogP contribution in [0.15, 0.2) is 48.5 Å². The van der Waals surface area contributed by atoms with Gasteiger partial charge in [-0.25, -0.2) is 4.39 Å². The summed E-state index contributed by atoms with van der Waals surface area (Å²) in [5.74, 6) is 0.916. The number of methoxy groups -OCH3 is 1. The summed E-state index contributed by atoms with van der Waals surface area (Å²) in [6, 6.07) is 13.7. The molecule has 1 fully saturated rings. The maximum absolute atomic E-state index is 13.4. The average molecular weight is 421 g/mol. The first-order chi connectivity index (χ1) is 13.9. The van der Waals surface area contributed by atoms with Gasteiger partial charge in [0.15, 0.2) is 0 Å². The molecule has 0 spiro atoms. The molecule has 0 aromatic heterocycles. The lowest BCUT2D eigenvalue weighted by atomic mass is 10.0. The van der Waals surface area contributed by atoms with Gasteiger partial charge < -0.3 is 4.74 Å². The van der Waals surface area contributed by atoms with Crippen molar-refractivity contribution in [2.75, 3.05) is 26.7 Å². The molecule has 0 bridgehead atoms. The Kier molecular flexibility index (Phi) is 7.27. The molecule has 0 unspecified atom stereocenters. The van der Waals surface area contributed by atoms with E-state index in [0.717, 1.165) is 24.0 Å². The van der Waals surface area contributed by atoms with Gasteiger partial charge in [0, 0.05) is 31.7 Å². The van der Waals surface area contributed by atoms with E-state index in [-0.39, 0.29) is 12.4 Å². The van der Waals surface area contributed by atoms with E-state index in [1.165, 1.54) is 16.4 Å². The first-order valence-electron chi connectivity index (χ1n) is 10.0. The Balaban J connectivity index is 1.82. The summed E-state index contributed by atoms with van der Waals surface area (Å²) in [5, 5.41) is 0. The molecule has 0 aliphatic carbocycles. The second-order valence-corrected chi connectivity index (χ2v) is 9.54. The summed E-state index contributed by atoms with van der Waals surface area (Å²) in [5.41, 5.74) is 1.72. The Hall–Kier alpha value is -1.96. The topological polar surface area (TPSA) is 49.9 Å². The number of piperidine rings is 1. The number of hydrogen-bond acceptors (Lipinski definition) is 3. The van der Waals surface area contributed by atoms with Crippen LogP contribution in [0.4, 0.5) is 4.39 Å². The normalized spacial score (nSPS) is 16.3. The van der Waals surface area contributed by atoms with Crippen molar-refractivity contribution in [2.24, 2.45) is 5.92 Å². The molecule has 2 aromatic carbocycles. The predicted molar refractivity (Wildman–Crippen MR) is 112 cm³/mol. The van der Waals surface area contributed by atoms with Gasteiger partial charge in [0.1, 0.15) is 11.6 Å². The van der Waals surface area contributed by atoms with Crippen molar-refractivity contribution >= 4 is 10.2 Å². The zero-order chi connectivity index (χ0) is 20.9. The monoisotopic (exact) mass is 420 g/mol. The molecule has 0 amide bonds. The van der Waals surface area contributed by atoms with Crippen LogP contribution in [0, 0.1) is 11.7 Å². The highest BCUT2D eigenvalue weighted by Gasteiger charge is 2.32. The van der Waals surface area contributed by atoms with Gasteiger partial charge in [0.2, 0.25) is 0 Å². The van der Waals surface area contributed by atoms with E-state index in [9.17, 15) is 12.8 Å². The van der Waals surface area contributed by atoms with Crippen LogP contribution in [-0.4, -0.2) is 43.8 Å². The smallest absolute Gasteiger partial charge is 0.282 e. The number of rotatable bonds is 8. The number of benzene rings is 2. The van der Waals surface area contributed by atoms with Crippen LogP contribution in [0.3, 0.4) is 0 Å². The van der Waals surface area contributed by atoms with Crippen molar-refractivity contribution in [3.8, 4) is 5.75 Å².